The lowest BCUT2D eigenvalue weighted by atomic mass is 9.60. The maximum atomic E-state index is 10.1. The fourth-order valence-corrected chi connectivity index (χ4v) is 6.70. The predicted octanol–water partition coefficient (Wildman–Crippen LogP) is 6.73. The van der Waals surface area contributed by atoms with Gasteiger partial charge >= 0.3 is 0 Å². The summed E-state index contributed by atoms with van der Waals surface area (Å²) in [6.07, 6.45) is 17.2. The molecule has 2 heteroatoms. The highest BCUT2D eigenvalue weighted by atomic mass is 16.3. The molecule has 3 aliphatic carbocycles. The normalized spacial score (nSPS) is 37.2. The predicted molar refractivity (Wildman–Crippen MR) is 123 cm³/mol. The molecule has 0 amide bonds. The first kappa shape index (κ1) is 22.8. The van der Waals surface area contributed by atoms with Crippen molar-refractivity contribution in [3.63, 3.8) is 0 Å². The summed E-state index contributed by atoms with van der Waals surface area (Å²) in [6, 6.07) is 0. The van der Waals surface area contributed by atoms with Crippen LogP contribution in [0, 0.1) is 23.2 Å². The fraction of sp³-hybridized carbons (Fsp3) is 0.778. The van der Waals surface area contributed by atoms with Crippen molar-refractivity contribution < 1.29 is 10.2 Å². The van der Waals surface area contributed by atoms with Crippen molar-refractivity contribution in [2.24, 2.45) is 23.2 Å². The van der Waals surface area contributed by atoms with E-state index in [9.17, 15) is 10.2 Å². The van der Waals surface area contributed by atoms with Gasteiger partial charge in [0.05, 0.1) is 11.7 Å². The molecule has 3 unspecified atom stereocenters. The SMILES string of the molecule is C=C1/C(=C\C=C2/CCCC3(C)C2CC[C@@H]3[C@H](C)CCCC(C)(C)O)CCCC1O. The molecule has 2 nitrogen and oxygen atoms in total. The van der Waals surface area contributed by atoms with Crippen molar-refractivity contribution in [2.45, 2.75) is 110 Å². The minimum absolute atomic E-state index is 0.342. The Balaban J connectivity index is 1.68. The van der Waals surface area contributed by atoms with E-state index in [1.54, 1.807) is 5.57 Å². The molecule has 164 valence electrons. The smallest absolute Gasteiger partial charge is 0.0787 e. The lowest BCUT2D eigenvalue weighted by molar-refractivity contribution is 0.0596. The summed E-state index contributed by atoms with van der Waals surface area (Å²) in [5.74, 6) is 2.26. The Hall–Kier alpha value is -0.860. The van der Waals surface area contributed by atoms with Gasteiger partial charge in [-0.15, -0.1) is 0 Å². The zero-order valence-electron chi connectivity index (χ0n) is 19.3. The average Bonchev–Trinajstić information content (AvgIpc) is 2.99. The first-order chi connectivity index (χ1) is 13.6. The highest BCUT2D eigenvalue weighted by Crippen LogP contribution is 2.60. The van der Waals surface area contributed by atoms with E-state index in [-0.39, 0.29) is 6.10 Å². The highest BCUT2D eigenvalue weighted by molar-refractivity contribution is 5.37. The molecule has 0 saturated heterocycles. The van der Waals surface area contributed by atoms with Gasteiger partial charge in [0, 0.05) is 0 Å². The van der Waals surface area contributed by atoms with E-state index >= 15 is 0 Å². The van der Waals surface area contributed by atoms with E-state index in [2.05, 4.69) is 32.6 Å². The van der Waals surface area contributed by atoms with Gasteiger partial charge in [-0.3, -0.25) is 0 Å². The van der Waals surface area contributed by atoms with Crippen molar-refractivity contribution in [1.29, 1.82) is 0 Å². The molecule has 0 aliphatic heterocycles. The van der Waals surface area contributed by atoms with Crippen molar-refractivity contribution in [2.75, 3.05) is 0 Å². The molecule has 3 fully saturated rings. The Labute approximate surface area is 179 Å². The van der Waals surface area contributed by atoms with E-state index in [1.165, 1.54) is 44.1 Å². The Kier molecular flexibility index (Phi) is 7.16. The van der Waals surface area contributed by atoms with Crippen LogP contribution in [0.2, 0.25) is 0 Å². The minimum Gasteiger partial charge on any atom is -0.390 e. The molecule has 0 heterocycles. The summed E-state index contributed by atoms with van der Waals surface area (Å²) >= 11 is 0. The molecule has 0 spiro atoms. The van der Waals surface area contributed by atoms with Crippen LogP contribution in [0.1, 0.15) is 98.3 Å². The van der Waals surface area contributed by atoms with Gasteiger partial charge in [-0.05, 0) is 106 Å². The quantitative estimate of drug-likeness (QED) is 0.518. The van der Waals surface area contributed by atoms with E-state index in [0.717, 1.165) is 55.4 Å². The molecule has 0 aromatic heterocycles. The Bertz CT molecular complexity index is 650. The number of aliphatic hydroxyl groups is 2. The molecule has 3 saturated carbocycles. The number of hydrogen-bond donors (Lipinski definition) is 2. The Morgan fingerprint density at radius 3 is 2.66 bits per heavy atom. The third kappa shape index (κ3) is 5.25. The monoisotopic (exact) mass is 400 g/mol. The van der Waals surface area contributed by atoms with E-state index in [0.29, 0.717) is 5.41 Å². The van der Waals surface area contributed by atoms with Crippen LogP contribution in [0.3, 0.4) is 0 Å². The maximum Gasteiger partial charge on any atom is 0.0787 e. The molecular weight excluding hydrogens is 356 g/mol. The van der Waals surface area contributed by atoms with Gasteiger partial charge < -0.3 is 10.2 Å². The van der Waals surface area contributed by atoms with Crippen molar-refractivity contribution >= 4 is 0 Å². The first-order valence-electron chi connectivity index (χ1n) is 12.1. The van der Waals surface area contributed by atoms with Crippen LogP contribution in [0.15, 0.2) is 35.5 Å². The number of hydrogen-bond acceptors (Lipinski definition) is 2. The molecule has 3 rings (SSSR count). The van der Waals surface area contributed by atoms with Crippen LogP contribution >= 0.6 is 0 Å². The van der Waals surface area contributed by atoms with Crippen LogP contribution in [0.4, 0.5) is 0 Å². The van der Waals surface area contributed by atoms with Gasteiger partial charge in [-0.25, -0.2) is 0 Å². The van der Waals surface area contributed by atoms with Crippen molar-refractivity contribution in [3.05, 3.63) is 35.5 Å². The molecular formula is C27H44O2. The van der Waals surface area contributed by atoms with E-state index in [1.807, 2.05) is 13.8 Å². The zero-order chi connectivity index (χ0) is 21.2. The molecule has 5 atom stereocenters. The van der Waals surface area contributed by atoms with Crippen molar-refractivity contribution in [3.8, 4) is 0 Å². The second-order valence-corrected chi connectivity index (χ2v) is 11.1. The van der Waals surface area contributed by atoms with Crippen LogP contribution in [0.25, 0.3) is 0 Å². The lowest BCUT2D eigenvalue weighted by Crippen LogP contribution is -2.36. The molecule has 29 heavy (non-hydrogen) atoms. The summed E-state index contributed by atoms with van der Waals surface area (Å²) in [4.78, 5) is 0. The van der Waals surface area contributed by atoms with Crippen LogP contribution < -0.4 is 0 Å². The van der Waals surface area contributed by atoms with Crippen molar-refractivity contribution in [1.82, 2.24) is 0 Å². The maximum absolute atomic E-state index is 10.1. The number of fused-ring (bicyclic) bond motifs is 1. The summed E-state index contributed by atoms with van der Waals surface area (Å²) < 4.78 is 0. The fourth-order valence-electron chi connectivity index (χ4n) is 6.70. The zero-order valence-corrected chi connectivity index (χ0v) is 19.3. The topological polar surface area (TPSA) is 40.5 Å². The van der Waals surface area contributed by atoms with Crippen LogP contribution in [0.5, 0.6) is 0 Å². The van der Waals surface area contributed by atoms with Gasteiger partial charge in [-0.2, -0.15) is 0 Å². The molecule has 0 radical (unpaired) electrons. The largest absolute Gasteiger partial charge is 0.390 e. The van der Waals surface area contributed by atoms with Crippen LogP contribution in [-0.4, -0.2) is 21.9 Å². The third-order valence-electron chi connectivity index (χ3n) is 8.41. The highest BCUT2D eigenvalue weighted by Gasteiger charge is 2.50. The van der Waals surface area contributed by atoms with Gasteiger partial charge in [-0.1, -0.05) is 51.0 Å². The van der Waals surface area contributed by atoms with Gasteiger partial charge in [0.15, 0.2) is 0 Å². The summed E-state index contributed by atoms with van der Waals surface area (Å²) in [7, 11) is 0. The third-order valence-corrected chi connectivity index (χ3v) is 8.41. The Morgan fingerprint density at radius 2 is 1.93 bits per heavy atom. The second kappa shape index (κ2) is 9.10. The van der Waals surface area contributed by atoms with E-state index in [4.69, 9.17) is 0 Å². The minimum atomic E-state index is -0.535. The number of rotatable bonds is 6. The van der Waals surface area contributed by atoms with Gasteiger partial charge in [0.2, 0.25) is 0 Å². The standard InChI is InChI=1S/C27H44O2/c1-19(9-7-17-26(3,4)29)23-15-16-24-22(11-8-18-27(23,24)5)14-13-21-10-6-12-25(28)20(21)2/h13-14,19,23-25,28-29H,2,6-12,15-18H2,1,3-5H3/b21-13-,22-14+/t19-,23-,24?,25?,27?/m1/s1. The molecule has 2 N–H and O–H groups in total. The number of aliphatic hydroxyl groups excluding tert-OH is 1. The average molecular weight is 401 g/mol. The van der Waals surface area contributed by atoms with E-state index < -0.39 is 5.60 Å². The summed E-state index contributed by atoms with van der Waals surface area (Å²) in [5.41, 5.74) is 3.74. The first-order valence-corrected chi connectivity index (χ1v) is 12.1. The number of allylic oxidation sites excluding steroid dienone is 3. The lowest BCUT2D eigenvalue weighted by Gasteiger charge is -2.44. The molecule has 0 aromatic rings. The van der Waals surface area contributed by atoms with Crippen LogP contribution in [-0.2, 0) is 0 Å². The molecule has 3 aliphatic rings. The van der Waals surface area contributed by atoms with Gasteiger partial charge in [0.1, 0.15) is 0 Å². The Morgan fingerprint density at radius 1 is 1.17 bits per heavy atom. The summed E-state index contributed by atoms with van der Waals surface area (Å²) in [6.45, 7) is 13.0. The second-order valence-electron chi connectivity index (χ2n) is 11.1. The molecule has 0 bridgehead atoms. The van der Waals surface area contributed by atoms with Gasteiger partial charge in [0.25, 0.3) is 0 Å². The molecule has 0 aromatic carbocycles. The summed E-state index contributed by atoms with van der Waals surface area (Å²) in [5, 5.41) is 20.2.